The van der Waals surface area contributed by atoms with Crippen LogP contribution in [0.15, 0.2) is 78.9 Å². The van der Waals surface area contributed by atoms with Gasteiger partial charge in [-0.25, -0.2) is 9.59 Å². The highest BCUT2D eigenvalue weighted by atomic mass is 127. The number of carbonyl (C=O) groups excluding carboxylic acids is 1. The topological polar surface area (TPSA) is 83.6 Å². The van der Waals surface area contributed by atoms with Crippen LogP contribution in [0.4, 0.5) is 16.2 Å². The van der Waals surface area contributed by atoms with Gasteiger partial charge in [0.1, 0.15) is 5.69 Å². The van der Waals surface area contributed by atoms with Gasteiger partial charge in [0.05, 0.1) is 25.2 Å². The molecule has 0 aliphatic heterocycles. The summed E-state index contributed by atoms with van der Waals surface area (Å²) in [6.07, 6.45) is 1.57. The first-order valence-electron chi connectivity index (χ1n) is 11.4. The average molecular weight is 608 g/mol. The summed E-state index contributed by atoms with van der Waals surface area (Å²) < 4.78 is 0.657. The molecule has 0 saturated carbocycles. The van der Waals surface area contributed by atoms with Crippen molar-refractivity contribution in [2.75, 3.05) is 31.1 Å². The molecule has 0 aliphatic carbocycles. The van der Waals surface area contributed by atoms with Crippen LogP contribution in [0.1, 0.15) is 29.3 Å². The molecule has 2 amide bonds. The number of aromatic carboxylic acids is 1. The zero-order chi connectivity index (χ0) is 24.6. The van der Waals surface area contributed by atoms with E-state index in [0.717, 1.165) is 43.9 Å². The van der Waals surface area contributed by atoms with Crippen molar-refractivity contribution in [1.82, 2.24) is 4.48 Å². The summed E-state index contributed by atoms with van der Waals surface area (Å²) in [4.78, 5) is 25.1. The van der Waals surface area contributed by atoms with Gasteiger partial charge in [0, 0.05) is 30.1 Å². The van der Waals surface area contributed by atoms with Crippen molar-refractivity contribution < 1.29 is 38.7 Å². The molecule has 6 nitrogen and oxygen atoms in total. The zero-order valence-electron chi connectivity index (χ0n) is 19.7. The second-order valence-corrected chi connectivity index (χ2v) is 8.75. The van der Waals surface area contributed by atoms with Gasteiger partial charge in [-0.1, -0.05) is 41.9 Å². The number of carboxylic acids is 1. The fraction of sp³-hybridized carbons (Fsp3) is 0.259. The van der Waals surface area contributed by atoms with Crippen LogP contribution >= 0.6 is 11.6 Å². The molecule has 8 heteroatoms. The summed E-state index contributed by atoms with van der Waals surface area (Å²) in [5.74, 6) is -0.942. The largest absolute Gasteiger partial charge is 1.00 e. The van der Waals surface area contributed by atoms with Gasteiger partial charge in [-0.15, -0.1) is 0 Å². The lowest BCUT2D eigenvalue weighted by atomic mass is 10.1. The van der Waals surface area contributed by atoms with E-state index in [1.807, 2.05) is 66.7 Å². The number of carbonyl (C=O) groups is 2. The Labute approximate surface area is 228 Å². The number of nitrogens with two attached hydrogens (primary N) is 1. The van der Waals surface area contributed by atoms with E-state index in [1.165, 1.54) is 5.56 Å². The van der Waals surface area contributed by atoms with Gasteiger partial charge >= 0.3 is 12.0 Å². The zero-order valence-corrected chi connectivity index (χ0v) is 22.7. The maximum atomic E-state index is 12.1. The van der Waals surface area contributed by atoms with Crippen molar-refractivity contribution >= 4 is 35.0 Å². The number of halogens is 2. The third kappa shape index (κ3) is 7.68. The monoisotopic (exact) mass is 607 g/mol. The van der Waals surface area contributed by atoms with Crippen LogP contribution < -0.4 is 39.1 Å². The number of urea groups is 1. The van der Waals surface area contributed by atoms with Crippen LogP contribution in [-0.2, 0) is 6.42 Å². The minimum atomic E-state index is -0.942. The second-order valence-electron chi connectivity index (χ2n) is 8.32. The van der Waals surface area contributed by atoms with Crippen LogP contribution in [0.2, 0.25) is 5.02 Å². The van der Waals surface area contributed by atoms with Crippen molar-refractivity contribution in [1.29, 1.82) is 0 Å². The van der Waals surface area contributed by atoms with Gasteiger partial charge in [-0.05, 0) is 61.0 Å². The van der Waals surface area contributed by atoms with E-state index in [-0.39, 0.29) is 29.5 Å². The second kappa shape index (κ2) is 13.5. The Balaban J connectivity index is 0.00000432. The summed E-state index contributed by atoms with van der Waals surface area (Å²) in [6, 6.07) is 23.9. The standard InChI is InChI=1S/C27H30ClN3O3.HI/c1-2-31(20-17-21-9-13-23(28)14-10-21,25-15-11-22(12-16-25)26(32)33)19-6-18-30(27(29)34)24-7-4-3-5-8-24;/h3-5,7-16H,2,6,17-20H2,1H3,(H2-,29,32,33,34);1H. The third-order valence-corrected chi connectivity index (χ3v) is 6.56. The molecule has 0 aromatic heterocycles. The fourth-order valence-corrected chi connectivity index (χ4v) is 4.42. The lowest BCUT2D eigenvalue weighted by molar-refractivity contribution is -0.0000253. The Morgan fingerprint density at radius 2 is 1.57 bits per heavy atom. The summed E-state index contributed by atoms with van der Waals surface area (Å²) in [5, 5.41) is 10.0. The van der Waals surface area contributed by atoms with Crippen molar-refractivity contribution in [3.05, 3.63) is 95.0 Å². The summed E-state index contributed by atoms with van der Waals surface area (Å²) in [5.41, 5.74) is 8.94. The Kier molecular flexibility index (Phi) is 11.0. The van der Waals surface area contributed by atoms with Crippen molar-refractivity contribution in [3.8, 4) is 0 Å². The molecular formula is C27H31ClIN3O3. The quantitative estimate of drug-likeness (QED) is 0.260. The first-order valence-corrected chi connectivity index (χ1v) is 11.8. The van der Waals surface area contributed by atoms with Crippen LogP contribution in [-0.4, -0.2) is 43.3 Å². The molecule has 186 valence electrons. The molecule has 1 unspecified atom stereocenters. The number of quaternary nitrogens is 1. The number of nitrogens with zero attached hydrogens (tertiary/aromatic N) is 2. The molecule has 0 bridgehead atoms. The SMILES string of the molecule is CC[N+](CCCN(C(N)=O)c1ccccc1)(CCc1ccc(Cl)cc1)c1ccc(C(=O)O)cc1.[I-]. The number of amides is 2. The van der Waals surface area contributed by atoms with E-state index in [0.29, 0.717) is 16.1 Å². The lowest BCUT2D eigenvalue weighted by Gasteiger charge is -2.38. The molecule has 35 heavy (non-hydrogen) atoms. The maximum Gasteiger partial charge on any atom is 0.335 e. The molecule has 0 aliphatic rings. The van der Waals surface area contributed by atoms with E-state index in [9.17, 15) is 14.7 Å². The molecule has 0 saturated heterocycles. The molecule has 3 aromatic rings. The van der Waals surface area contributed by atoms with Crippen molar-refractivity contribution in [3.63, 3.8) is 0 Å². The Morgan fingerprint density at radius 1 is 0.943 bits per heavy atom. The molecule has 3 aromatic carbocycles. The number of rotatable bonds is 11. The first-order chi connectivity index (χ1) is 16.3. The van der Waals surface area contributed by atoms with E-state index >= 15 is 0 Å². The van der Waals surface area contributed by atoms with Gasteiger partial charge in [0.2, 0.25) is 0 Å². The third-order valence-electron chi connectivity index (χ3n) is 6.31. The molecule has 0 fully saturated rings. The van der Waals surface area contributed by atoms with Gasteiger partial charge in [0.15, 0.2) is 0 Å². The van der Waals surface area contributed by atoms with E-state index in [1.54, 1.807) is 17.0 Å². The number of likely N-dealkylation sites (N-methyl/N-ethyl adjacent to an activating group) is 1. The van der Waals surface area contributed by atoms with E-state index < -0.39 is 12.0 Å². The fourth-order valence-electron chi connectivity index (χ4n) is 4.29. The number of benzene rings is 3. The van der Waals surface area contributed by atoms with E-state index in [4.69, 9.17) is 17.3 Å². The smallest absolute Gasteiger partial charge is 0.335 e. The summed E-state index contributed by atoms with van der Waals surface area (Å²) in [6.45, 7) is 5.05. The maximum absolute atomic E-state index is 12.1. The number of primary amides is 1. The molecule has 0 radical (unpaired) electrons. The molecule has 3 N–H and O–H groups in total. The minimum Gasteiger partial charge on any atom is -1.00 e. The van der Waals surface area contributed by atoms with Gasteiger partial charge in [-0.2, -0.15) is 0 Å². The highest BCUT2D eigenvalue weighted by Gasteiger charge is 2.29. The highest BCUT2D eigenvalue weighted by Crippen LogP contribution is 2.26. The van der Waals surface area contributed by atoms with Crippen LogP contribution in [0, 0.1) is 0 Å². The predicted molar refractivity (Wildman–Crippen MR) is 139 cm³/mol. The Hall–Kier alpha value is -2.62. The number of hydrogen-bond acceptors (Lipinski definition) is 2. The molecular weight excluding hydrogens is 577 g/mol. The molecule has 3 rings (SSSR count). The number of hydrogen-bond donors (Lipinski definition) is 2. The number of para-hydroxylation sites is 1. The van der Waals surface area contributed by atoms with Gasteiger partial charge in [-0.3, -0.25) is 9.38 Å². The molecule has 1 atom stereocenters. The van der Waals surface area contributed by atoms with Crippen LogP contribution in [0.5, 0.6) is 0 Å². The predicted octanol–water partition coefficient (Wildman–Crippen LogP) is 2.59. The highest BCUT2D eigenvalue weighted by molar-refractivity contribution is 6.30. The molecule has 0 heterocycles. The lowest BCUT2D eigenvalue weighted by Crippen LogP contribution is -3.00. The average Bonchev–Trinajstić information content (AvgIpc) is 2.85. The first kappa shape index (κ1) is 28.6. The number of carboxylic acid groups (broad SMARTS) is 1. The van der Waals surface area contributed by atoms with E-state index in [2.05, 4.69) is 6.92 Å². The normalized spacial score (nSPS) is 12.3. The van der Waals surface area contributed by atoms with Crippen LogP contribution in [0.3, 0.4) is 0 Å². The minimum absolute atomic E-state index is 0. The Bertz CT molecular complexity index is 1090. The van der Waals surface area contributed by atoms with Crippen molar-refractivity contribution in [2.24, 2.45) is 5.73 Å². The molecule has 0 spiro atoms. The number of anilines is 1. The van der Waals surface area contributed by atoms with Crippen LogP contribution in [0.25, 0.3) is 0 Å². The Morgan fingerprint density at radius 3 is 2.11 bits per heavy atom. The van der Waals surface area contributed by atoms with Gasteiger partial charge in [0.25, 0.3) is 0 Å². The summed E-state index contributed by atoms with van der Waals surface area (Å²) in [7, 11) is 0. The summed E-state index contributed by atoms with van der Waals surface area (Å²) >= 11 is 6.05. The van der Waals surface area contributed by atoms with Crippen molar-refractivity contribution in [2.45, 2.75) is 19.8 Å². The van der Waals surface area contributed by atoms with Gasteiger partial charge < -0.3 is 34.8 Å².